The van der Waals surface area contributed by atoms with Crippen molar-refractivity contribution in [1.82, 2.24) is 14.8 Å². The van der Waals surface area contributed by atoms with Gasteiger partial charge in [0.2, 0.25) is 0 Å². The topological polar surface area (TPSA) is 30.7 Å². The van der Waals surface area contributed by atoms with E-state index in [0.29, 0.717) is 5.88 Å². The van der Waals surface area contributed by atoms with E-state index in [-0.39, 0.29) is 0 Å². The Hall–Kier alpha value is -1.65. The lowest BCUT2D eigenvalue weighted by Crippen LogP contribution is -2.02. The first-order chi connectivity index (χ1) is 10.2. The molecule has 0 radical (unpaired) electrons. The molecular weight excluding hydrogens is 350 g/mol. The van der Waals surface area contributed by atoms with E-state index in [2.05, 4.69) is 33.1 Å². The molecule has 0 N–H and O–H groups in total. The van der Waals surface area contributed by atoms with Gasteiger partial charge in [-0.1, -0.05) is 46.3 Å². The number of para-hydroxylation sites is 1. The molecule has 21 heavy (non-hydrogen) atoms. The molecule has 3 aromatic rings. The molecule has 0 fully saturated rings. The van der Waals surface area contributed by atoms with Crippen LogP contribution in [0.1, 0.15) is 11.4 Å². The van der Waals surface area contributed by atoms with Gasteiger partial charge in [0, 0.05) is 15.7 Å². The predicted molar refractivity (Wildman–Crippen MR) is 88.8 cm³/mol. The van der Waals surface area contributed by atoms with E-state index in [1.54, 1.807) is 0 Å². The highest BCUT2D eigenvalue weighted by Crippen LogP contribution is 2.30. The van der Waals surface area contributed by atoms with Crippen molar-refractivity contribution in [2.45, 2.75) is 12.8 Å². The SMILES string of the molecule is Cc1c(Br)cccc1-c1nnc(CCl)n1-c1ccccc1. The van der Waals surface area contributed by atoms with Crippen LogP contribution in [0.4, 0.5) is 0 Å². The molecule has 1 heterocycles. The van der Waals surface area contributed by atoms with Crippen molar-refractivity contribution < 1.29 is 0 Å². The molecule has 1 aromatic heterocycles. The summed E-state index contributed by atoms with van der Waals surface area (Å²) in [7, 11) is 0. The molecular formula is C16H13BrClN3. The molecule has 0 unspecified atom stereocenters. The summed E-state index contributed by atoms with van der Waals surface area (Å²) < 4.78 is 3.05. The third-order valence-corrected chi connectivity index (χ3v) is 4.47. The van der Waals surface area contributed by atoms with E-state index in [4.69, 9.17) is 11.6 Å². The van der Waals surface area contributed by atoms with E-state index in [9.17, 15) is 0 Å². The highest BCUT2D eigenvalue weighted by molar-refractivity contribution is 9.10. The van der Waals surface area contributed by atoms with E-state index in [1.165, 1.54) is 0 Å². The van der Waals surface area contributed by atoms with E-state index in [1.807, 2.05) is 53.1 Å². The molecule has 0 saturated heterocycles. The summed E-state index contributed by atoms with van der Waals surface area (Å²) in [6.07, 6.45) is 0. The number of nitrogens with zero attached hydrogens (tertiary/aromatic N) is 3. The molecule has 2 aromatic carbocycles. The van der Waals surface area contributed by atoms with Crippen molar-refractivity contribution in [2.75, 3.05) is 0 Å². The normalized spacial score (nSPS) is 10.8. The Morgan fingerprint density at radius 1 is 1.05 bits per heavy atom. The minimum Gasteiger partial charge on any atom is -0.278 e. The Kier molecular flexibility index (Phi) is 4.08. The van der Waals surface area contributed by atoms with Crippen molar-refractivity contribution >= 4 is 27.5 Å². The molecule has 0 saturated carbocycles. The standard InChI is InChI=1S/C16H13BrClN3/c1-11-13(8-5-9-14(11)17)16-20-19-15(10-18)21(16)12-6-3-2-4-7-12/h2-9H,10H2,1H3. The fourth-order valence-corrected chi connectivity index (χ4v) is 2.81. The van der Waals surface area contributed by atoms with Crippen LogP contribution in [-0.4, -0.2) is 14.8 Å². The van der Waals surface area contributed by atoms with Gasteiger partial charge in [0.25, 0.3) is 0 Å². The van der Waals surface area contributed by atoms with Crippen LogP contribution in [0.15, 0.2) is 53.0 Å². The Bertz CT molecular complexity index is 768. The lowest BCUT2D eigenvalue weighted by molar-refractivity contribution is 0.953. The highest BCUT2D eigenvalue weighted by Gasteiger charge is 2.16. The zero-order valence-electron chi connectivity index (χ0n) is 11.4. The third-order valence-electron chi connectivity index (χ3n) is 3.37. The lowest BCUT2D eigenvalue weighted by Gasteiger charge is -2.11. The molecule has 0 aliphatic carbocycles. The number of rotatable bonds is 3. The van der Waals surface area contributed by atoms with Crippen molar-refractivity contribution in [3.8, 4) is 17.1 Å². The molecule has 0 bridgehead atoms. The number of aromatic nitrogens is 3. The van der Waals surface area contributed by atoms with E-state index in [0.717, 1.165) is 32.9 Å². The van der Waals surface area contributed by atoms with Crippen LogP contribution in [0.2, 0.25) is 0 Å². The summed E-state index contributed by atoms with van der Waals surface area (Å²) in [6.45, 7) is 2.06. The Morgan fingerprint density at radius 2 is 1.81 bits per heavy atom. The second-order valence-corrected chi connectivity index (χ2v) is 5.78. The van der Waals surface area contributed by atoms with E-state index < -0.39 is 0 Å². The first kappa shape index (κ1) is 14.3. The van der Waals surface area contributed by atoms with Gasteiger partial charge in [-0.05, 0) is 30.7 Å². The summed E-state index contributed by atoms with van der Waals surface area (Å²) in [5.74, 6) is 1.85. The summed E-state index contributed by atoms with van der Waals surface area (Å²) in [4.78, 5) is 0. The first-order valence-corrected chi connectivity index (χ1v) is 7.86. The number of hydrogen-bond acceptors (Lipinski definition) is 2. The average molecular weight is 363 g/mol. The predicted octanol–water partition coefficient (Wildman–Crippen LogP) is 4.74. The van der Waals surface area contributed by atoms with Crippen LogP contribution in [0.25, 0.3) is 17.1 Å². The molecule has 106 valence electrons. The Morgan fingerprint density at radius 3 is 2.52 bits per heavy atom. The second-order valence-electron chi connectivity index (χ2n) is 4.66. The first-order valence-electron chi connectivity index (χ1n) is 6.53. The van der Waals surface area contributed by atoms with Gasteiger partial charge >= 0.3 is 0 Å². The molecule has 3 rings (SSSR count). The van der Waals surface area contributed by atoms with Crippen LogP contribution in [0.5, 0.6) is 0 Å². The number of hydrogen-bond donors (Lipinski definition) is 0. The zero-order chi connectivity index (χ0) is 14.8. The van der Waals surface area contributed by atoms with E-state index >= 15 is 0 Å². The monoisotopic (exact) mass is 361 g/mol. The minimum absolute atomic E-state index is 0.314. The van der Waals surface area contributed by atoms with Crippen molar-refractivity contribution in [2.24, 2.45) is 0 Å². The van der Waals surface area contributed by atoms with Gasteiger partial charge in [-0.15, -0.1) is 21.8 Å². The van der Waals surface area contributed by atoms with Gasteiger partial charge in [0.15, 0.2) is 11.6 Å². The fraction of sp³-hybridized carbons (Fsp3) is 0.125. The van der Waals surface area contributed by atoms with Crippen LogP contribution in [0.3, 0.4) is 0 Å². The highest BCUT2D eigenvalue weighted by atomic mass is 79.9. The number of halogens is 2. The Labute approximate surface area is 136 Å². The molecule has 0 atom stereocenters. The summed E-state index contributed by atoms with van der Waals surface area (Å²) in [5.41, 5.74) is 3.17. The summed E-state index contributed by atoms with van der Waals surface area (Å²) in [5, 5.41) is 8.57. The molecule has 0 spiro atoms. The summed E-state index contributed by atoms with van der Waals surface area (Å²) >= 11 is 9.59. The van der Waals surface area contributed by atoms with Crippen molar-refractivity contribution in [3.63, 3.8) is 0 Å². The largest absolute Gasteiger partial charge is 0.278 e. The zero-order valence-corrected chi connectivity index (χ0v) is 13.8. The average Bonchev–Trinajstić information content (AvgIpc) is 2.94. The van der Waals surface area contributed by atoms with Crippen LogP contribution < -0.4 is 0 Å². The van der Waals surface area contributed by atoms with Gasteiger partial charge in [-0.25, -0.2) is 0 Å². The minimum atomic E-state index is 0.314. The molecule has 0 aliphatic rings. The molecule has 0 aliphatic heterocycles. The number of benzene rings is 2. The third kappa shape index (κ3) is 2.61. The van der Waals surface area contributed by atoms with Crippen LogP contribution >= 0.6 is 27.5 Å². The fourth-order valence-electron chi connectivity index (χ4n) is 2.28. The number of alkyl halides is 1. The van der Waals surface area contributed by atoms with Gasteiger partial charge in [-0.3, -0.25) is 4.57 Å². The quantitative estimate of drug-likeness (QED) is 0.630. The molecule has 5 heteroatoms. The molecule has 3 nitrogen and oxygen atoms in total. The second kappa shape index (κ2) is 6.00. The van der Waals surface area contributed by atoms with Crippen molar-refractivity contribution in [3.05, 3.63) is 64.4 Å². The maximum atomic E-state index is 6.02. The maximum Gasteiger partial charge on any atom is 0.168 e. The molecule has 0 amide bonds. The maximum absolute atomic E-state index is 6.02. The summed E-state index contributed by atoms with van der Waals surface area (Å²) in [6, 6.07) is 16.1. The van der Waals surface area contributed by atoms with Crippen LogP contribution in [0, 0.1) is 6.92 Å². The van der Waals surface area contributed by atoms with Gasteiger partial charge in [0.05, 0.1) is 5.88 Å². The smallest absolute Gasteiger partial charge is 0.168 e. The van der Waals surface area contributed by atoms with Gasteiger partial charge < -0.3 is 0 Å². The van der Waals surface area contributed by atoms with Crippen molar-refractivity contribution in [1.29, 1.82) is 0 Å². The lowest BCUT2D eigenvalue weighted by atomic mass is 10.1. The van der Waals surface area contributed by atoms with Crippen LogP contribution in [-0.2, 0) is 5.88 Å². The van der Waals surface area contributed by atoms with Gasteiger partial charge in [0.1, 0.15) is 0 Å². The van der Waals surface area contributed by atoms with Gasteiger partial charge in [-0.2, -0.15) is 0 Å². The Balaban J connectivity index is 2.25.